The van der Waals surface area contributed by atoms with Gasteiger partial charge < -0.3 is 15.3 Å². The number of aryl methyl sites for hydroxylation is 1. The van der Waals surface area contributed by atoms with E-state index in [1.165, 1.54) is 24.4 Å². The SMILES string of the molecule is Cc1cc(NN=Cc2ccc(O)c(C(=O)O)c2)nc(-c2ccccc2O)n1. The molecule has 3 aromatic rings. The topological polar surface area (TPSA) is 128 Å². The minimum absolute atomic E-state index is 0.0721. The van der Waals surface area contributed by atoms with Crippen molar-refractivity contribution in [2.75, 3.05) is 5.43 Å². The lowest BCUT2D eigenvalue weighted by molar-refractivity contribution is 0.0693. The molecule has 4 N–H and O–H groups in total. The first kappa shape index (κ1) is 17.9. The van der Waals surface area contributed by atoms with Crippen molar-refractivity contribution in [3.8, 4) is 22.9 Å². The normalized spacial score (nSPS) is 10.9. The summed E-state index contributed by atoms with van der Waals surface area (Å²) in [6.45, 7) is 1.79. The number of aromatic carboxylic acids is 1. The third-order valence-corrected chi connectivity index (χ3v) is 3.64. The molecule has 0 aliphatic heterocycles. The lowest BCUT2D eigenvalue weighted by Gasteiger charge is -2.07. The van der Waals surface area contributed by atoms with Gasteiger partial charge in [-0.05, 0) is 42.8 Å². The summed E-state index contributed by atoms with van der Waals surface area (Å²) in [5.74, 6) is -0.707. The van der Waals surface area contributed by atoms with Crippen molar-refractivity contribution < 1.29 is 20.1 Å². The van der Waals surface area contributed by atoms with Crippen molar-refractivity contribution in [1.29, 1.82) is 0 Å². The molecule has 1 aromatic heterocycles. The average Bonchev–Trinajstić information content (AvgIpc) is 2.63. The van der Waals surface area contributed by atoms with Crippen LogP contribution in [0.5, 0.6) is 11.5 Å². The highest BCUT2D eigenvalue weighted by Gasteiger charge is 2.10. The summed E-state index contributed by atoms with van der Waals surface area (Å²) in [6.07, 6.45) is 1.41. The number of aromatic hydroxyl groups is 2. The Balaban J connectivity index is 1.83. The van der Waals surface area contributed by atoms with E-state index < -0.39 is 5.97 Å². The second kappa shape index (κ2) is 7.52. The zero-order valence-corrected chi connectivity index (χ0v) is 14.3. The molecule has 0 bridgehead atoms. The minimum atomic E-state index is -1.23. The number of phenolic OH excluding ortho intramolecular Hbond substituents is 1. The highest BCUT2D eigenvalue weighted by Crippen LogP contribution is 2.26. The number of anilines is 1. The number of nitrogens with zero attached hydrogens (tertiary/aromatic N) is 3. The predicted octanol–water partition coefficient (Wildman–Crippen LogP) is 3.01. The predicted molar refractivity (Wildman–Crippen MR) is 100 cm³/mol. The number of carboxylic acids is 1. The maximum absolute atomic E-state index is 11.0. The second-order valence-electron chi connectivity index (χ2n) is 5.69. The number of hydrogen-bond donors (Lipinski definition) is 4. The van der Waals surface area contributed by atoms with Gasteiger partial charge in [0, 0.05) is 11.8 Å². The summed E-state index contributed by atoms with van der Waals surface area (Å²) in [6, 6.07) is 12.6. The fourth-order valence-corrected chi connectivity index (χ4v) is 2.39. The van der Waals surface area contributed by atoms with Crippen molar-refractivity contribution in [2.24, 2.45) is 5.10 Å². The highest BCUT2D eigenvalue weighted by atomic mass is 16.4. The standard InChI is InChI=1S/C19H16N4O4/c1-11-8-17(22-18(21-11)13-4-2-3-5-15(13)24)23-20-10-12-6-7-16(25)14(9-12)19(26)27/h2-10,24-25H,1H3,(H,26,27)(H,21,22,23). The van der Waals surface area contributed by atoms with Crippen LogP contribution in [0, 0.1) is 6.92 Å². The average molecular weight is 364 g/mol. The van der Waals surface area contributed by atoms with Crippen molar-refractivity contribution in [1.82, 2.24) is 9.97 Å². The molecule has 8 heteroatoms. The quantitative estimate of drug-likeness (QED) is 0.405. The Labute approximate surface area is 154 Å². The number of para-hydroxylation sites is 1. The van der Waals surface area contributed by atoms with E-state index in [-0.39, 0.29) is 17.1 Å². The van der Waals surface area contributed by atoms with Gasteiger partial charge in [-0.2, -0.15) is 5.10 Å². The van der Waals surface area contributed by atoms with Gasteiger partial charge >= 0.3 is 5.97 Å². The van der Waals surface area contributed by atoms with E-state index in [9.17, 15) is 15.0 Å². The van der Waals surface area contributed by atoms with Crippen molar-refractivity contribution >= 4 is 18.0 Å². The second-order valence-corrected chi connectivity index (χ2v) is 5.69. The summed E-state index contributed by atoms with van der Waals surface area (Å²) in [4.78, 5) is 19.7. The van der Waals surface area contributed by atoms with Gasteiger partial charge in [0.2, 0.25) is 0 Å². The number of hydrogen-bond acceptors (Lipinski definition) is 7. The molecule has 0 saturated carbocycles. The molecule has 0 aliphatic rings. The molecule has 8 nitrogen and oxygen atoms in total. The van der Waals surface area contributed by atoms with Crippen molar-refractivity contribution in [2.45, 2.75) is 6.92 Å². The van der Waals surface area contributed by atoms with Gasteiger partial charge in [0.1, 0.15) is 17.1 Å². The van der Waals surface area contributed by atoms with Gasteiger partial charge in [-0.25, -0.2) is 14.8 Å². The molecule has 136 valence electrons. The van der Waals surface area contributed by atoms with Crippen LogP contribution >= 0.6 is 0 Å². The van der Waals surface area contributed by atoms with E-state index in [0.717, 1.165) is 0 Å². The number of nitrogens with one attached hydrogen (secondary N) is 1. The Kier molecular flexibility index (Phi) is 4.98. The molecule has 1 heterocycles. The molecule has 2 aromatic carbocycles. The Morgan fingerprint density at radius 3 is 2.59 bits per heavy atom. The van der Waals surface area contributed by atoms with Crippen LogP contribution in [0.2, 0.25) is 0 Å². The number of phenols is 2. The number of aromatic nitrogens is 2. The molecule has 0 saturated heterocycles. The molecule has 0 fully saturated rings. The third kappa shape index (κ3) is 4.18. The number of benzene rings is 2. The van der Waals surface area contributed by atoms with E-state index >= 15 is 0 Å². The van der Waals surface area contributed by atoms with Gasteiger partial charge in [-0.1, -0.05) is 12.1 Å². The molecule has 0 spiro atoms. The highest BCUT2D eigenvalue weighted by molar-refractivity contribution is 5.93. The van der Waals surface area contributed by atoms with Crippen LogP contribution in [0.25, 0.3) is 11.4 Å². The van der Waals surface area contributed by atoms with Gasteiger partial charge in [-0.15, -0.1) is 0 Å². The van der Waals surface area contributed by atoms with Crippen LogP contribution in [0.15, 0.2) is 53.6 Å². The van der Waals surface area contributed by atoms with Gasteiger partial charge in [0.25, 0.3) is 0 Å². The Bertz CT molecular complexity index is 1030. The van der Waals surface area contributed by atoms with E-state index in [0.29, 0.717) is 28.5 Å². The van der Waals surface area contributed by atoms with Gasteiger partial charge in [0.05, 0.1) is 11.8 Å². The molecule has 0 radical (unpaired) electrons. The summed E-state index contributed by atoms with van der Waals surface area (Å²) in [7, 11) is 0. The Morgan fingerprint density at radius 2 is 1.85 bits per heavy atom. The molecular weight excluding hydrogens is 348 g/mol. The van der Waals surface area contributed by atoms with E-state index in [2.05, 4.69) is 20.5 Å². The lowest BCUT2D eigenvalue weighted by atomic mass is 10.1. The maximum atomic E-state index is 11.0. The number of hydrazone groups is 1. The Hall–Kier alpha value is -3.94. The van der Waals surface area contributed by atoms with Crippen molar-refractivity contribution in [3.05, 3.63) is 65.4 Å². The zero-order chi connectivity index (χ0) is 19.4. The molecular formula is C19H16N4O4. The van der Waals surface area contributed by atoms with E-state index in [4.69, 9.17) is 5.11 Å². The molecule has 0 amide bonds. The fourth-order valence-electron chi connectivity index (χ4n) is 2.39. The monoisotopic (exact) mass is 364 g/mol. The zero-order valence-electron chi connectivity index (χ0n) is 14.3. The smallest absolute Gasteiger partial charge is 0.339 e. The van der Waals surface area contributed by atoms with Crippen LogP contribution in [-0.2, 0) is 0 Å². The van der Waals surface area contributed by atoms with Crippen LogP contribution in [0.4, 0.5) is 5.82 Å². The fraction of sp³-hybridized carbons (Fsp3) is 0.0526. The van der Waals surface area contributed by atoms with E-state index in [1.54, 1.807) is 37.3 Å². The molecule has 27 heavy (non-hydrogen) atoms. The molecule has 3 rings (SSSR count). The van der Waals surface area contributed by atoms with Crippen LogP contribution in [-0.4, -0.2) is 37.5 Å². The molecule has 0 aliphatic carbocycles. The minimum Gasteiger partial charge on any atom is -0.507 e. The number of carbonyl (C=O) groups is 1. The molecule has 0 atom stereocenters. The third-order valence-electron chi connectivity index (χ3n) is 3.64. The first-order chi connectivity index (χ1) is 12.9. The Morgan fingerprint density at radius 1 is 1.07 bits per heavy atom. The van der Waals surface area contributed by atoms with Gasteiger partial charge in [-0.3, -0.25) is 5.43 Å². The van der Waals surface area contributed by atoms with Crippen LogP contribution in [0.3, 0.4) is 0 Å². The van der Waals surface area contributed by atoms with Crippen molar-refractivity contribution in [3.63, 3.8) is 0 Å². The van der Waals surface area contributed by atoms with Crippen LogP contribution in [0.1, 0.15) is 21.6 Å². The summed E-state index contributed by atoms with van der Waals surface area (Å²) >= 11 is 0. The summed E-state index contributed by atoms with van der Waals surface area (Å²) in [5, 5.41) is 32.6. The first-order valence-electron chi connectivity index (χ1n) is 7.93. The van der Waals surface area contributed by atoms with Crippen LogP contribution < -0.4 is 5.43 Å². The maximum Gasteiger partial charge on any atom is 0.339 e. The first-order valence-corrected chi connectivity index (χ1v) is 7.93. The summed E-state index contributed by atoms with van der Waals surface area (Å²) in [5.41, 5.74) is 4.21. The largest absolute Gasteiger partial charge is 0.507 e. The summed E-state index contributed by atoms with van der Waals surface area (Å²) < 4.78 is 0. The van der Waals surface area contributed by atoms with E-state index in [1.807, 2.05) is 0 Å². The lowest BCUT2D eigenvalue weighted by Crippen LogP contribution is -2.00. The molecule has 0 unspecified atom stereocenters. The van der Waals surface area contributed by atoms with Gasteiger partial charge in [0.15, 0.2) is 11.6 Å². The number of rotatable bonds is 5. The number of carboxylic acid groups (broad SMARTS) is 1.